The van der Waals surface area contributed by atoms with Gasteiger partial charge < -0.3 is 5.32 Å². The van der Waals surface area contributed by atoms with Crippen molar-refractivity contribution in [2.75, 3.05) is 0 Å². The smallest absolute Gasteiger partial charge is 0.341 e. The number of tetrazole rings is 1. The van der Waals surface area contributed by atoms with E-state index in [0.717, 1.165) is 6.92 Å². The summed E-state index contributed by atoms with van der Waals surface area (Å²) in [5.74, 6) is -8.15. The molecular weight excluding hydrogens is 253 g/mol. The normalized spacial score (nSPS) is 14.5. The molecule has 1 heterocycles. The SMILES string of the molecule is CC(NC(=O)C(F)(F)C(F)(F)F)c1nn[nH]n1. The Labute approximate surface area is 90.6 Å². The Bertz CT molecular complexity index is 388. The molecule has 96 valence electrons. The van der Waals surface area contributed by atoms with Gasteiger partial charge >= 0.3 is 18.0 Å². The topological polar surface area (TPSA) is 83.6 Å². The number of amides is 1. The Hall–Kier alpha value is -1.81. The number of alkyl halides is 5. The van der Waals surface area contributed by atoms with Crippen LogP contribution in [0.4, 0.5) is 22.0 Å². The molecule has 0 aliphatic carbocycles. The fraction of sp³-hybridized carbons (Fsp3) is 0.667. The molecular formula is C6H6F5N5O. The van der Waals surface area contributed by atoms with Gasteiger partial charge in [-0.2, -0.15) is 27.2 Å². The van der Waals surface area contributed by atoms with E-state index >= 15 is 0 Å². The van der Waals surface area contributed by atoms with E-state index in [2.05, 4.69) is 15.4 Å². The molecule has 1 unspecified atom stereocenters. The molecule has 1 rings (SSSR count). The molecule has 0 radical (unpaired) electrons. The van der Waals surface area contributed by atoms with Crippen molar-refractivity contribution in [1.29, 1.82) is 0 Å². The summed E-state index contributed by atoms with van der Waals surface area (Å²) >= 11 is 0. The Kier molecular flexibility index (Phi) is 3.29. The number of carbonyl (C=O) groups is 1. The maximum Gasteiger partial charge on any atom is 0.463 e. The molecule has 0 fully saturated rings. The van der Waals surface area contributed by atoms with E-state index in [-0.39, 0.29) is 5.82 Å². The maximum absolute atomic E-state index is 12.5. The summed E-state index contributed by atoms with van der Waals surface area (Å²) in [5, 5.41) is 13.1. The van der Waals surface area contributed by atoms with Crippen LogP contribution in [0, 0.1) is 0 Å². The van der Waals surface area contributed by atoms with Gasteiger partial charge in [0.2, 0.25) is 0 Å². The first-order valence-corrected chi connectivity index (χ1v) is 4.15. The van der Waals surface area contributed by atoms with Crippen LogP contribution in [0.15, 0.2) is 0 Å². The van der Waals surface area contributed by atoms with Crippen LogP contribution in [-0.4, -0.2) is 38.6 Å². The van der Waals surface area contributed by atoms with Crippen LogP contribution >= 0.6 is 0 Å². The Morgan fingerprint density at radius 2 is 1.94 bits per heavy atom. The molecule has 0 spiro atoms. The number of nitrogens with one attached hydrogen (secondary N) is 2. The summed E-state index contributed by atoms with van der Waals surface area (Å²) in [5.41, 5.74) is 0. The summed E-state index contributed by atoms with van der Waals surface area (Å²) in [7, 11) is 0. The molecule has 1 amide bonds. The monoisotopic (exact) mass is 259 g/mol. The molecule has 11 heteroatoms. The number of carbonyl (C=O) groups excluding carboxylic acids is 1. The van der Waals surface area contributed by atoms with Crippen LogP contribution in [0.1, 0.15) is 18.8 Å². The number of aromatic nitrogens is 4. The second-order valence-corrected chi connectivity index (χ2v) is 3.04. The number of rotatable bonds is 3. The standard InChI is InChI=1S/C6H6F5N5O/c1-2(3-13-15-16-14-3)12-4(17)5(7,8)6(9,10)11/h2H,1H3,(H,12,17)(H,13,14,15,16). The molecule has 0 saturated heterocycles. The van der Waals surface area contributed by atoms with Crippen LogP contribution in [-0.2, 0) is 4.79 Å². The lowest BCUT2D eigenvalue weighted by Gasteiger charge is -2.20. The maximum atomic E-state index is 12.5. The summed E-state index contributed by atoms with van der Waals surface area (Å²) in [6.45, 7) is 1.13. The number of H-pyrrole nitrogens is 1. The molecule has 0 aliphatic rings. The first-order chi connectivity index (χ1) is 7.66. The lowest BCUT2D eigenvalue weighted by atomic mass is 10.2. The van der Waals surface area contributed by atoms with Crippen LogP contribution in [0.3, 0.4) is 0 Å². The van der Waals surface area contributed by atoms with E-state index in [1.807, 2.05) is 5.21 Å². The second kappa shape index (κ2) is 4.22. The molecule has 2 N–H and O–H groups in total. The van der Waals surface area contributed by atoms with Crippen molar-refractivity contribution in [3.63, 3.8) is 0 Å². The van der Waals surface area contributed by atoms with Crippen LogP contribution in [0.2, 0.25) is 0 Å². The molecule has 1 aromatic rings. The van der Waals surface area contributed by atoms with Gasteiger partial charge in [-0.15, -0.1) is 10.2 Å². The lowest BCUT2D eigenvalue weighted by Crippen LogP contribution is -2.51. The second-order valence-electron chi connectivity index (χ2n) is 3.04. The Morgan fingerprint density at radius 3 is 2.35 bits per heavy atom. The summed E-state index contributed by atoms with van der Waals surface area (Å²) < 4.78 is 60.5. The number of aromatic amines is 1. The predicted molar refractivity (Wildman–Crippen MR) is 41.7 cm³/mol. The summed E-state index contributed by atoms with van der Waals surface area (Å²) in [4.78, 5) is 10.7. The fourth-order valence-electron chi connectivity index (χ4n) is 0.834. The summed E-state index contributed by atoms with van der Waals surface area (Å²) in [6.07, 6.45) is -5.95. The first-order valence-electron chi connectivity index (χ1n) is 4.15. The number of hydrogen-bond donors (Lipinski definition) is 2. The number of nitrogens with zero attached hydrogens (tertiary/aromatic N) is 3. The van der Waals surface area contributed by atoms with E-state index in [9.17, 15) is 26.7 Å². The van der Waals surface area contributed by atoms with E-state index in [0.29, 0.717) is 0 Å². The number of hydrogen-bond acceptors (Lipinski definition) is 4. The van der Waals surface area contributed by atoms with Crippen LogP contribution in [0.5, 0.6) is 0 Å². The third-order valence-electron chi connectivity index (χ3n) is 1.74. The van der Waals surface area contributed by atoms with E-state index < -0.39 is 24.0 Å². The van der Waals surface area contributed by atoms with Gasteiger partial charge in [-0.3, -0.25) is 4.79 Å². The Morgan fingerprint density at radius 1 is 1.35 bits per heavy atom. The predicted octanol–water partition coefficient (Wildman–Crippen LogP) is 0.575. The van der Waals surface area contributed by atoms with E-state index in [1.54, 1.807) is 0 Å². The minimum Gasteiger partial charge on any atom is -0.341 e. The van der Waals surface area contributed by atoms with Crippen molar-refractivity contribution in [2.45, 2.75) is 25.1 Å². The lowest BCUT2D eigenvalue weighted by molar-refractivity contribution is -0.270. The highest BCUT2D eigenvalue weighted by atomic mass is 19.4. The average Bonchev–Trinajstić information content (AvgIpc) is 2.68. The molecule has 0 bridgehead atoms. The van der Waals surface area contributed by atoms with Gasteiger partial charge in [0.25, 0.3) is 0 Å². The summed E-state index contributed by atoms with van der Waals surface area (Å²) in [6, 6.07) is -1.23. The van der Waals surface area contributed by atoms with Gasteiger partial charge in [0, 0.05) is 0 Å². The van der Waals surface area contributed by atoms with E-state index in [1.165, 1.54) is 5.32 Å². The van der Waals surface area contributed by atoms with Gasteiger partial charge in [-0.05, 0) is 6.92 Å². The van der Waals surface area contributed by atoms with Gasteiger partial charge in [0.15, 0.2) is 5.82 Å². The molecule has 1 aromatic heterocycles. The minimum absolute atomic E-state index is 0.212. The highest BCUT2D eigenvalue weighted by Crippen LogP contribution is 2.35. The zero-order valence-electron chi connectivity index (χ0n) is 8.22. The molecule has 0 aromatic carbocycles. The third-order valence-corrected chi connectivity index (χ3v) is 1.74. The van der Waals surface area contributed by atoms with E-state index in [4.69, 9.17) is 0 Å². The average molecular weight is 259 g/mol. The molecule has 0 saturated carbocycles. The third kappa shape index (κ3) is 2.65. The van der Waals surface area contributed by atoms with Crippen LogP contribution < -0.4 is 5.32 Å². The fourth-order valence-corrected chi connectivity index (χ4v) is 0.834. The van der Waals surface area contributed by atoms with Gasteiger partial charge in [-0.25, -0.2) is 0 Å². The van der Waals surface area contributed by atoms with Crippen molar-refractivity contribution in [1.82, 2.24) is 25.9 Å². The minimum atomic E-state index is -5.95. The molecule has 17 heavy (non-hydrogen) atoms. The van der Waals surface area contributed by atoms with Crippen molar-refractivity contribution < 1.29 is 26.7 Å². The van der Waals surface area contributed by atoms with Crippen molar-refractivity contribution in [3.8, 4) is 0 Å². The zero-order chi connectivity index (χ0) is 13.3. The van der Waals surface area contributed by atoms with Crippen molar-refractivity contribution in [2.24, 2.45) is 0 Å². The van der Waals surface area contributed by atoms with Crippen molar-refractivity contribution >= 4 is 5.91 Å². The highest BCUT2D eigenvalue weighted by molar-refractivity contribution is 5.84. The van der Waals surface area contributed by atoms with Crippen LogP contribution in [0.25, 0.3) is 0 Å². The first kappa shape index (κ1) is 13.3. The zero-order valence-corrected chi connectivity index (χ0v) is 8.22. The Balaban J connectivity index is 2.73. The van der Waals surface area contributed by atoms with Crippen molar-refractivity contribution in [3.05, 3.63) is 5.82 Å². The van der Waals surface area contributed by atoms with Gasteiger partial charge in [0.1, 0.15) is 0 Å². The van der Waals surface area contributed by atoms with Gasteiger partial charge in [0.05, 0.1) is 6.04 Å². The molecule has 1 atom stereocenters. The van der Waals surface area contributed by atoms with Gasteiger partial charge in [-0.1, -0.05) is 5.21 Å². The number of halogens is 5. The molecule has 0 aliphatic heterocycles. The molecule has 6 nitrogen and oxygen atoms in total. The highest BCUT2D eigenvalue weighted by Gasteiger charge is 2.63. The quantitative estimate of drug-likeness (QED) is 0.777. The largest absolute Gasteiger partial charge is 0.463 e.